The Morgan fingerprint density at radius 1 is 0.323 bits per heavy atom. The maximum Gasteiger partial charge on any atom is 0.159 e. The quantitative estimate of drug-likeness (QED) is 0.152. The number of para-hydroxylation sites is 2. The predicted octanol–water partition coefficient (Wildman–Crippen LogP) is 26.3. The smallest absolute Gasteiger partial charge is 0.159 e. The second-order valence-corrected chi connectivity index (χ2v) is 30.5. The second-order valence-electron chi connectivity index (χ2n) is 30.5. The molecule has 4 heterocycles. The van der Waals surface area contributed by atoms with Gasteiger partial charge in [-0.15, -0.1) is 0 Å². The third-order valence-electron chi connectivity index (χ3n) is 21.1. The molecule has 1 aliphatic rings. The van der Waals surface area contributed by atoms with Gasteiger partial charge in [0, 0.05) is 71.0 Å². The summed E-state index contributed by atoms with van der Waals surface area (Å²) < 4.78 is 16.9. The number of aromatic nitrogens is 1. The van der Waals surface area contributed by atoms with Crippen LogP contribution in [0.1, 0.15) is 104 Å². The van der Waals surface area contributed by atoms with Gasteiger partial charge in [0.1, 0.15) is 11.2 Å². The normalized spacial score (nSPS) is 13.4. The van der Waals surface area contributed by atoms with Crippen molar-refractivity contribution in [3.8, 4) is 33.4 Å². The van der Waals surface area contributed by atoms with E-state index in [9.17, 15) is 0 Å². The molecule has 0 N–H and O–H groups in total. The van der Waals surface area contributed by atoms with Crippen molar-refractivity contribution in [3.63, 3.8) is 0 Å². The van der Waals surface area contributed by atoms with Gasteiger partial charge in [-0.05, 0) is 186 Å². The van der Waals surface area contributed by atoms with Gasteiger partial charge in [-0.25, -0.2) is 0 Å². The van der Waals surface area contributed by atoms with Gasteiger partial charge in [-0.2, -0.15) is 0 Å². The van der Waals surface area contributed by atoms with E-state index in [0.717, 1.165) is 100 Å². The summed E-state index contributed by atoms with van der Waals surface area (Å²) in [6, 6.07) is 95.1. The van der Waals surface area contributed by atoms with E-state index < -0.39 is 0 Å². The minimum atomic E-state index is -0.332. The summed E-state index contributed by atoms with van der Waals surface area (Å²) in [5, 5.41) is 11.7. The van der Waals surface area contributed by atoms with Crippen LogP contribution < -0.4 is 9.80 Å². The Kier molecular flexibility index (Phi) is 12.4. The van der Waals surface area contributed by atoms with Crippen LogP contribution in [0.15, 0.2) is 264 Å². The van der Waals surface area contributed by atoms with E-state index in [1.54, 1.807) is 0 Å². The largest absolute Gasteiger partial charge is 0.454 e. The molecule has 96 heavy (non-hydrogen) atoms. The van der Waals surface area contributed by atoms with Crippen molar-refractivity contribution in [2.75, 3.05) is 9.80 Å². The van der Waals surface area contributed by atoms with Crippen molar-refractivity contribution in [2.45, 2.75) is 97.8 Å². The van der Waals surface area contributed by atoms with Crippen LogP contribution in [-0.2, 0) is 21.7 Å². The van der Waals surface area contributed by atoms with Crippen molar-refractivity contribution in [3.05, 3.63) is 283 Å². The van der Waals surface area contributed by atoms with Crippen LogP contribution in [0.5, 0.6) is 0 Å². The van der Waals surface area contributed by atoms with E-state index >= 15 is 0 Å². The molecule has 0 aliphatic heterocycles. The molecule has 13 aromatic carbocycles. The molecule has 4 aromatic heterocycles. The Bertz CT molecular complexity index is 6050. The number of hydrogen-bond donors (Lipinski definition) is 0. The lowest BCUT2D eigenvalue weighted by Gasteiger charge is -2.29. The maximum absolute atomic E-state index is 7.21. The van der Waals surface area contributed by atoms with Gasteiger partial charge in [0.2, 0.25) is 0 Å². The first-order chi connectivity index (χ1) is 46.2. The van der Waals surface area contributed by atoms with Crippen LogP contribution in [0.3, 0.4) is 0 Å². The van der Waals surface area contributed by atoms with Crippen LogP contribution in [0.2, 0.25) is 0 Å². The van der Waals surface area contributed by atoms with Crippen molar-refractivity contribution >= 4 is 127 Å². The predicted molar refractivity (Wildman–Crippen MR) is 407 cm³/mol. The van der Waals surface area contributed by atoms with E-state index in [0.29, 0.717) is 0 Å². The van der Waals surface area contributed by atoms with E-state index in [1.807, 2.05) is 0 Å². The van der Waals surface area contributed by atoms with Gasteiger partial charge >= 0.3 is 0 Å². The van der Waals surface area contributed by atoms with Crippen LogP contribution in [0.4, 0.5) is 34.1 Å². The zero-order valence-electron chi connectivity index (χ0n) is 56.4. The van der Waals surface area contributed by atoms with Crippen molar-refractivity contribution in [1.29, 1.82) is 0 Å². The highest BCUT2D eigenvalue weighted by Crippen LogP contribution is 2.56. The average molecular weight is 1240 g/mol. The number of rotatable bonds is 8. The number of hydrogen-bond acceptors (Lipinski definition) is 4. The summed E-state index contributed by atoms with van der Waals surface area (Å²) >= 11 is 0. The summed E-state index contributed by atoms with van der Waals surface area (Å²) in [5.41, 5.74) is 26.4. The van der Waals surface area contributed by atoms with Gasteiger partial charge in [0.05, 0.1) is 33.6 Å². The molecule has 5 heteroatoms. The molecule has 0 radical (unpaired) electrons. The fourth-order valence-corrected chi connectivity index (χ4v) is 16.0. The first-order valence-electron chi connectivity index (χ1n) is 34.0. The molecule has 18 rings (SSSR count). The molecule has 0 saturated carbocycles. The lowest BCUT2D eigenvalue weighted by Crippen LogP contribution is -2.17. The molecule has 5 nitrogen and oxygen atoms in total. The van der Waals surface area contributed by atoms with E-state index in [1.165, 1.54) is 87.8 Å². The van der Waals surface area contributed by atoms with Gasteiger partial charge in [-0.1, -0.05) is 228 Å². The summed E-state index contributed by atoms with van der Waals surface area (Å²) in [5.74, 6) is 0. The fourth-order valence-electron chi connectivity index (χ4n) is 16.0. The first-order valence-corrected chi connectivity index (χ1v) is 34.0. The van der Waals surface area contributed by atoms with Crippen LogP contribution in [-0.4, -0.2) is 4.40 Å². The molecule has 0 fully saturated rings. The third kappa shape index (κ3) is 8.75. The number of furan rings is 2. The molecular formula is C91H75N3O2. The second kappa shape index (κ2) is 20.6. The summed E-state index contributed by atoms with van der Waals surface area (Å²) in [6.07, 6.45) is 0. The van der Waals surface area contributed by atoms with Gasteiger partial charge in [0.15, 0.2) is 11.2 Å². The molecule has 0 spiro atoms. The van der Waals surface area contributed by atoms with Crippen molar-refractivity contribution < 1.29 is 8.83 Å². The Hall–Kier alpha value is -10.9. The van der Waals surface area contributed by atoms with E-state index in [-0.39, 0.29) is 21.7 Å². The molecule has 466 valence electrons. The van der Waals surface area contributed by atoms with Gasteiger partial charge in [-0.3, -0.25) is 0 Å². The van der Waals surface area contributed by atoms with Gasteiger partial charge < -0.3 is 23.0 Å². The average Bonchev–Trinajstić information content (AvgIpc) is 1.52. The molecule has 0 atom stereocenters. The zero-order valence-corrected chi connectivity index (χ0v) is 56.4. The topological polar surface area (TPSA) is 37.2 Å². The SMILES string of the molecule is CC(C)(C)c1cccc(N(c2ccc3c(c2)C(C)(C)c2cc4ccc5c6ccc(N(c7cccc(C(C)(C)C)c7)c7cccc8c7oc7cc(-c9ccccc9)ccc78)c7c8cc(C(C)(C)C)ccc8n(c5c4cc2-3)c67)c2cccc3c2oc2cc(-c4ccccc4)ccc23)c1. The summed E-state index contributed by atoms with van der Waals surface area (Å²) in [7, 11) is 0. The standard InChI is InChI=1S/C91H75N3O2/c1-88(2,3)59-26-18-28-62(49-59)92(79-32-20-30-70-66-39-34-56(47-81(66)95-86(70)79)54-22-14-12-15-23-54)64-38-42-65-73-53-72-58(46-75(73)91(10,11)76(65)52-64)36-41-68-69-43-45-78(83-74-51-61(90(7,8)9)37-44-77(74)94(84(68)72)85(69)83)93(63-29-19-27-60(50-63)89(4,5)6)80-33-21-31-71-67-40-35-57(48-82(67)96-87(71)80)55-24-16-13-17-25-55/h12-53H,1-11H3. The number of fused-ring (bicyclic) bond motifs is 17. The monoisotopic (exact) mass is 1240 g/mol. The molecule has 0 bridgehead atoms. The Morgan fingerprint density at radius 3 is 1.43 bits per heavy atom. The zero-order chi connectivity index (χ0) is 65.5. The highest BCUT2D eigenvalue weighted by molar-refractivity contribution is 6.31. The maximum atomic E-state index is 7.21. The number of anilines is 6. The molecule has 0 amide bonds. The molecule has 0 unspecified atom stereocenters. The molecule has 1 aliphatic carbocycles. The van der Waals surface area contributed by atoms with Crippen molar-refractivity contribution in [2.24, 2.45) is 0 Å². The highest BCUT2D eigenvalue weighted by Gasteiger charge is 2.38. The molecule has 0 saturated heterocycles. The van der Waals surface area contributed by atoms with Crippen LogP contribution in [0, 0.1) is 0 Å². The Morgan fingerprint density at radius 2 is 0.833 bits per heavy atom. The number of nitrogens with zero attached hydrogens (tertiary/aromatic N) is 3. The molecular weight excluding hydrogens is 1170 g/mol. The lowest BCUT2D eigenvalue weighted by molar-refractivity contribution is 0.590. The minimum absolute atomic E-state index is 0.0680. The first kappa shape index (κ1) is 57.8. The fraction of sp³-hybridized carbons (Fsp3) is 0.165. The van der Waals surface area contributed by atoms with Gasteiger partial charge in [0.25, 0.3) is 0 Å². The van der Waals surface area contributed by atoms with Crippen molar-refractivity contribution in [1.82, 2.24) is 4.40 Å². The third-order valence-corrected chi connectivity index (χ3v) is 21.1. The minimum Gasteiger partial charge on any atom is -0.454 e. The van der Waals surface area contributed by atoms with Crippen LogP contribution in [0.25, 0.3) is 126 Å². The Labute approximate surface area is 560 Å². The lowest BCUT2D eigenvalue weighted by atomic mass is 9.81. The summed E-state index contributed by atoms with van der Waals surface area (Å²) in [6.45, 7) is 25.6. The summed E-state index contributed by atoms with van der Waals surface area (Å²) in [4.78, 5) is 4.92. The van der Waals surface area contributed by atoms with Crippen LogP contribution >= 0.6 is 0 Å². The number of benzene rings is 13. The highest BCUT2D eigenvalue weighted by atomic mass is 16.3. The Balaban J connectivity index is 0.845. The van der Waals surface area contributed by atoms with E-state index in [4.69, 9.17) is 8.83 Å². The molecule has 17 aromatic rings. The van der Waals surface area contributed by atoms with E-state index in [2.05, 4.69) is 345 Å².